The van der Waals surface area contributed by atoms with Gasteiger partial charge in [-0.2, -0.15) is 0 Å². The fraction of sp³-hybridized carbons (Fsp3) is 1.00. The van der Waals surface area contributed by atoms with E-state index in [1.165, 1.54) is 0 Å². The Balaban J connectivity index is 5.14. The summed E-state index contributed by atoms with van der Waals surface area (Å²) in [6.45, 7) is 15.2. The lowest BCUT2D eigenvalue weighted by molar-refractivity contribution is -0.176. The summed E-state index contributed by atoms with van der Waals surface area (Å²) in [4.78, 5) is 0. The van der Waals surface area contributed by atoms with Gasteiger partial charge in [0.1, 0.15) is 18.9 Å². The van der Waals surface area contributed by atoms with Crippen molar-refractivity contribution < 1.29 is 27.5 Å². The minimum Gasteiger partial charge on any atom is -0.354 e. The van der Waals surface area contributed by atoms with E-state index >= 15 is 0 Å². The smallest absolute Gasteiger partial charge is 0.354 e. The quantitative estimate of drug-likeness (QED) is 0.329. The van der Waals surface area contributed by atoms with E-state index in [0.29, 0.717) is 25.9 Å². The molecule has 0 radical (unpaired) electrons. The molecule has 0 aromatic carbocycles. The van der Waals surface area contributed by atoms with Gasteiger partial charge in [-0.25, -0.2) is 0 Å². The Labute approximate surface area is 143 Å². The summed E-state index contributed by atoms with van der Waals surface area (Å²) in [6.07, 6.45) is 0.784. The van der Waals surface area contributed by atoms with E-state index in [0.717, 1.165) is 12.8 Å². The van der Waals surface area contributed by atoms with Crippen molar-refractivity contribution in [3.8, 4) is 0 Å². The van der Waals surface area contributed by atoms with Crippen LogP contribution in [0.2, 0.25) is 6.04 Å². The average molecular weight is 353 g/mol. The van der Waals surface area contributed by atoms with Gasteiger partial charge in [-0.05, 0) is 48.0 Å². The monoisotopic (exact) mass is 352 g/mol. The van der Waals surface area contributed by atoms with E-state index in [2.05, 4.69) is 6.92 Å². The maximum atomic E-state index is 6.13. The molecule has 0 bridgehead atoms. The Morgan fingerprint density at radius 2 is 1.00 bits per heavy atom. The van der Waals surface area contributed by atoms with Crippen LogP contribution in [0.5, 0.6) is 0 Å². The van der Waals surface area contributed by atoms with Crippen LogP contribution < -0.4 is 0 Å². The zero-order valence-electron chi connectivity index (χ0n) is 15.9. The highest BCUT2D eigenvalue weighted by molar-refractivity contribution is 6.60. The maximum absolute atomic E-state index is 6.13. The van der Waals surface area contributed by atoms with E-state index in [1.807, 2.05) is 41.5 Å². The van der Waals surface area contributed by atoms with Crippen LogP contribution in [-0.4, -0.2) is 47.5 Å². The molecule has 0 heterocycles. The van der Waals surface area contributed by atoms with E-state index < -0.39 is 27.7 Å². The van der Waals surface area contributed by atoms with Gasteiger partial charge < -0.3 is 27.5 Å². The third-order valence-electron chi connectivity index (χ3n) is 3.08. The Morgan fingerprint density at radius 1 is 0.652 bits per heavy atom. The number of unbranched alkanes of at least 4 members (excludes halogenated alkanes) is 1. The first kappa shape index (κ1) is 23.0. The van der Waals surface area contributed by atoms with Gasteiger partial charge in [-0.1, -0.05) is 13.3 Å². The van der Waals surface area contributed by atoms with Crippen LogP contribution in [0.1, 0.15) is 61.3 Å². The van der Waals surface area contributed by atoms with Crippen molar-refractivity contribution in [2.75, 3.05) is 19.8 Å². The van der Waals surface area contributed by atoms with E-state index in [-0.39, 0.29) is 0 Å². The average Bonchev–Trinajstić information content (AvgIpc) is 2.45. The molecule has 7 heteroatoms. The van der Waals surface area contributed by atoms with Crippen LogP contribution in [-0.2, 0) is 27.5 Å². The molecule has 3 unspecified atom stereocenters. The lowest BCUT2D eigenvalue weighted by Crippen LogP contribution is -2.52. The summed E-state index contributed by atoms with van der Waals surface area (Å²) in [6, 6.07) is 0.704. The maximum Gasteiger partial charge on any atom is 0.506 e. The Hall–Kier alpha value is -0.0231. The molecule has 6 nitrogen and oxygen atoms in total. The van der Waals surface area contributed by atoms with E-state index in [4.69, 9.17) is 27.5 Å². The lowest BCUT2D eigenvalue weighted by Gasteiger charge is -2.35. The topological polar surface area (TPSA) is 55.4 Å². The summed E-state index contributed by atoms with van der Waals surface area (Å²) in [5.41, 5.74) is 0. The van der Waals surface area contributed by atoms with Gasteiger partial charge in [-0.15, -0.1) is 0 Å². The molecular formula is C16H36O6Si. The second-order valence-electron chi connectivity index (χ2n) is 5.21. The molecule has 0 N–H and O–H groups in total. The second-order valence-corrected chi connectivity index (χ2v) is 7.78. The van der Waals surface area contributed by atoms with Crippen LogP contribution >= 0.6 is 0 Å². The van der Waals surface area contributed by atoms with Crippen molar-refractivity contribution in [3.63, 3.8) is 0 Å². The minimum atomic E-state index is -2.99. The third-order valence-corrected chi connectivity index (χ3v) is 6.12. The van der Waals surface area contributed by atoms with Crippen LogP contribution in [0, 0.1) is 0 Å². The van der Waals surface area contributed by atoms with Gasteiger partial charge in [0.05, 0.1) is 0 Å². The number of rotatable bonds is 15. The molecule has 0 rings (SSSR count). The van der Waals surface area contributed by atoms with Gasteiger partial charge in [-0.3, -0.25) is 0 Å². The summed E-state index contributed by atoms with van der Waals surface area (Å²) < 4.78 is 35.0. The SMILES string of the molecule is CCCC[Si](OC(C)OCC)(OC(C)OCC)OC(C)OCC. The first-order valence-corrected chi connectivity index (χ1v) is 10.7. The molecule has 3 atom stereocenters. The zero-order valence-corrected chi connectivity index (χ0v) is 16.9. The van der Waals surface area contributed by atoms with E-state index in [1.54, 1.807) is 0 Å². The van der Waals surface area contributed by atoms with Crippen LogP contribution in [0.15, 0.2) is 0 Å². The molecule has 0 saturated carbocycles. The van der Waals surface area contributed by atoms with E-state index in [9.17, 15) is 0 Å². The van der Waals surface area contributed by atoms with Gasteiger partial charge >= 0.3 is 8.80 Å². The first-order valence-electron chi connectivity index (χ1n) is 8.81. The molecule has 23 heavy (non-hydrogen) atoms. The fourth-order valence-electron chi connectivity index (χ4n) is 2.22. The Kier molecular flexibility index (Phi) is 13.3. The standard InChI is InChI=1S/C16H36O6Si/c1-8-12-13-23(20-14(5)17-9-2,21-15(6)18-10-3)22-16(7)19-11-4/h14-16H,8-13H2,1-7H3. The zero-order chi connectivity index (χ0) is 17.7. The predicted octanol–water partition coefficient (Wildman–Crippen LogP) is 3.92. The van der Waals surface area contributed by atoms with Crippen LogP contribution in [0.4, 0.5) is 0 Å². The highest BCUT2D eigenvalue weighted by atomic mass is 28.4. The van der Waals surface area contributed by atoms with Crippen molar-refractivity contribution in [2.45, 2.75) is 86.2 Å². The van der Waals surface area contributed by atoms with Crippen LogP contribution in [0.3, 0.4) is 0 Å². The van der Waals surface area contributed by atoms with Crippen LogP contribution in [0.25, 0.3) is 0 Å². The number of ether oxygens (including phenoxy) is 3. The normalized spacial score (nSPS) is 18.4. The van der Waals surface area contributed by atoms with Crippen molar-refractivity contribution in [2.24, 2.45) is 0 Å². The molecule has 0 aliphatic carbocycles. The summed E-state index contributed by atoms with van der Waals surface area (Å²) in [5, 5.41) is 0. The molecule has 0 aliphatic rings. The van der Waals surface area contributed by atoms with Crippen molar-refractivity contribution in [1.82, 2.24) is 0 Å². The summed E-state index contributed by atoms with van der Waals surface area (Å²) in [5.74, 6) is 0. The molecule has 0 saturated heterocycles. The van der Waals surface area contributed by atoms with Crippen molar-refractivity contribution in [3.05, 3.63) is 0 Å². The first-order chi connectivity index (χ1) is 10.9. The highest BCUT2D eigenvalue weighted by Crippen LogP contribution is 2.25. The molecule has 140 valence electrons. The molecular weight excluding hydrogens is 316 g/mol. The number of hydrogen-bond donors (Lipinski definition) is 0. The molecule has 0 spiro atoms. The van der Waals surface area contributed by atoms with Gasteiger partial charge in [0, 0.05) is 25.9 Å². The molecule has 0 amide bonds. The molecule has 0 aromatic rings. The minimum absolute atomic E-state index is 0.397. The largest absolute Gasteiger partial charge is 0.506 e. The van der Waals surface area contributed by atoms with Crippen molar-refractivity contribution >= 4 is 8.80 Å². The molecule has 0 aliphatic heterocycles. The fourth-order valence-corrected chi connectivity index (χ4v) is 5.25. The summed E-state index contributed by atoms with van der Waals surface area (Å²) in [7, 11) is -2.99. The Bertz CT molecular complexity index is 243. The van der Waals surface area contributed by atoms with Gasteiger partial charge in [0.25, 0.3) is 0 Å². The highest BCUT2D eigenvalue weighted by Gasteiger charge is 2.46. The van der Waals surface area contributed by atoms with Gasteiger partial charge in [0.15, 0.2) is 0 Å². The molecule has 0 fully saturated rings. The third kappa shape index (κ3) is 10.4. The predicted molar refractivity (Wildman–Crippen MR) is 92.0 cm³/mol. The lowest BCUT2D eigenvalue weighted by atomic mass is 10.4. The van der Waals surface area contributed by atoms with Crippen molar-refractivity contribution in [1.29, 1.82) is 0 Å². The van der Waals surface area contributed by atoms with Gasteiger partial charge in [0.2, 0.25) is 0 Å². The second kappa shape index (κ2) is 13.3. The number of hydrogen-bond acceptors (Lipinski definition) is 6. The Morgan fingerprint density at radius 3 is 1.26 bits per heavy atom. The molecule has 0 aromatic heterocycles. The summed E-state index contributed by atoms with van der Waals surface area (Å²) >= 11 is 0.